The van der Waals surface area contributed by atoms with Crippen LogP contribution in [0.15, 0.2) is 70.6 Å². The molecule has 3 aromatic carbocycles. The Hall–Kier alpha value is -3.82. The van der Waals surface area contributed by atoms with Gasteiger partial charge in [0.2, 0.25) is 0 Å². The number of benzene rings is 3. The van der Waals surface area contributed by atoms with E-state index in [1.165, 1.54) is 19.2 Å². The highest BCUT2D eigenvalue weighted by Crippen LogP contribution is 2.31. The zero-order valence-corrected chi connectivity index (χ0v) is 18.7. The highest BCUT2D eigenvalue weighted by molar-refractivity contribution is 7.86. The zero-order valence-electron chi connectivity index (χ0n) is 17.9. The fourth-order valence-corrected chi connectivity index (χ4v) is 4.35. The van der Waals surface area contributed by atoms with Crippen LogP contribution in [-0.4, -0.2) is 37.5 Å². The van der Waals surface area contributed by atoms with Gasteiger partial charge in [-0.3, -0.25) is 14.1 Å². The number of fused-ring (bicyclic) bond motifs is 1. The van der Waals surface area contributed by atoms with Crippen LogP contribution < -0.4 is 10.6 Å². The number of nitrogens with one attached hydrogen (secondary N) is 2. The largest absolute Gasteiger partial charge is 0.355 e. The summed E-state index contributed by atoms with van der Waals surface area (Å²) >= 11 is 0. The molecule has 0 spiro atoms. The minimum atomic E-state index is -4.55. The second kappa shape index (κ2) is 8.61. The first kappa shape index (κ1) is 22.4. The number of aliphatic imine (C=N–C) groups is 1. The monoisotopic (exact) mass is 463 g/mol. The molecule has 2 amide bonds. The van der Waals surface area contributed by atoms with Crippen LogP contribution in [0, 0.1) is 6.92 Å². The smallest absolute Gasteiger partial charge is 0.295 e. The van der Waals surface area contributed by atoms with Crippen LogP contribution in [0.1, 0.15) is 21.5 Å². The molecule has 0 unspecified atom stereocenters. The molecule has 168 valence electrons. The first-order chi connectivity index (χ1) is 15.7. The third-order valence-corrected chi connectivity index (χ3v) is 6.22. The van der Waals surface area contributed by atoms with Gasteiger partial charge in [-0.1, -0.05) is 35.9 Å². The molecule has 0 saturated carbocycles. The normalized spacial score (nSPS) is 12.6. The summed E-state index contributed by atoms with van der Waals surface area (Å²) in [5, 5.41) is 5.19. The van der Waals surface area contributed by atoms with Crippen LogP contribution in [-0.2, 0) is 21.3 Å². The molecule has 4 rings (SSSR count). The number of carbonyl (C=O) groups is 2. The van der Waals surface area contributed by atoms with Crippen LogP contribution in [0.2, 0.25) is 0 Å². The van der Waals surface area contributed by atoms with E-state index in [4.69, 9.17) is 0 Å². The minimum Gasteiger partial charge on any atom is -0.355 e. The highest BCUT2D eigenvalue weighted by atomic mass is 32.2. The van der Waals surface area contributed by atoms with Crippen molar-refractivity contribution in [2.75, 3.05) is 12.4 Å². The van der Waals surface area contributed by atoms with Crippen molar-refractivity contribution in [1.29, 1.82) is 0 Å². The second-order valence-electron chi connectivity index (χ2n) is 7.66. The van der Waals surface area contributed by atoms with Gasteiger partial charge < -0.3 is 10.6 Å². The Morgan fingerprint density at radius 2 is 1.70 bits per heavy atom. The maximum absolute atomic E-state index is 12.8. The number of carbonyl (C=O) groups excluding carboxylic acids is 2. The molecule has 3 aromatic rings. The van der Waals surface area contributed by atoms with E-state index in [2.05, 4.69) is 15.6 Å². The molecular formula is C24H21N3O5S. The average Bonchev–Trinajstić information content (AvgIpc) is 3.22. The van der Waals surface area contributed by atoms with Crippen molar-refractivity contribution in [2.24, 2.45) is 4.99 Å². The van der Waals surface area contributed by atoms with Crippen molar-refractivity contribution >= 4 is 39.0 Å². The molecule has 1 heterocycles. The molecule has 0 saturated heterocycles. The van der Waals surface area contributed by atoms with Gasteiger partial charge in [-0.25, -0.2) is 4.99 Å². The quantitative estimate of drug-likeness (QED) is 0.499. The predicted molar refractivity (Wildman–Crippen MR) is 126 cm³/mol. The van der Waals surface area contributed by atoms with E-state index in [0.29, 0.717) is 22.4 Å². The van der Waals surface area contributed by atoms with Gasteiger partial charge in [0.1, 0.15) is 10.6 Å². The van der Waals surface area contributed by atoms with Crippen molar-refractivity contribution in [3.05, 3.63) is 77.4 Å². The van der Waals surface area contributed by atoms with Crippen LogP contribution in [0.3, 0.4) is 0 Å². The molecule has 1 aliphatic heterocycles. The molecule has 0 bridgehead atoms. The van der Waals surface area contributed by atoms with Gasteiger partial charge >= 0.3 is 0 Å². The highest BCUT2D eigenvalue weighted by Gasteiger charge is 2.23. The summed E-state index contributed by atoms with van der Waals surface area (Å²) in [6.07, 6.45) is 0.235. The van der Waals surface area contributed by atoms with Crippen LogP contribution >= 0.6 is 0 Å². The van der Waals surface area contributed by atoms with Gasteiger partial charge in [-0.05, 0) is 48.4 Å². The van der Waals surface area contributed by atoms with E-state index < -0.39 is 16.0 Å². The molecule has 0 aromatic heterocycles. The summed E-state index contributed by atoms with van der Waals surface area (Å²) in [6.45, 7) is 1.91. The Morgan fingerprint density at radius 1 is 0.970 bits per heavy atom. The van der Waals surface area contributed by atoms with E-state index in [1.54, 1.807) is 36.4 Å². The molecule has 0 radical (unpaired) electrons. The number of aryl methyl sites for hydroxylation is 1. The summed E-state index contributed by atoms with van der Waals surface area (Å²) in [6, 6.07) is 16.5. The Morgan fingerprint density at radius 3 is 2.36 bits per heavy atom. The zero-order chi connectivity index (χ0) is 23.8. The Labute approximate surface area is 191 Å². The predicted octanol–water partition coefficient (Wildman–Crippen LogP) is 3.54. The summed E-state index contributed by atoms with van der Waals surface area (Å²) in [5.74, 6) is -0.737. The molecule has 33 heavy (non-hydrogen) atoms. The first-order valence-electron chi connectivity index (χ1n) is 10.1. The summed E-state index contributed by atoms with van der Waals surface area (Å²) in [4.78, 5) is 28.6. The fourth-order valence-electron chi connectivity index (χ4n) is 3.61. The summed E-state index contributed by atoms with van der Waals surface area (Å²) in [7, 11) is -3.01. The van der Waals surface area contributed by atoms with Crippen molar-refractivity contribution in [1.82, 2.24) is 5.32 Å². The standard InChI is InChI=1S/C24H21N3O5S/c1-14-3-5-15(6-4-14)19-9-8-18(13-22(19)33(30,31)32)26-24(29)21-12-17-11-16(23(28)25-2)7-10-20(17)27-21/h3-11,13H,12H2,1-2H3,(H,25,28)(H,26,29)(H,30,31,32). The molecule has 0 fully saturated rings. The molecular weight excluding hydrogens is 442 g/mol. The van der Waals surface area contributed by atoms with Crippen LogP contribution in [0.5, 0.6) is 0 Å². The van der Waals surface area contributed by atoms with Crippen molar-refractivity contribution < 1.29 is 22.6 Å². The third-order valence-electron chi connectivity index (χ3n) is 5.32. The SMILES string of the molecule is CNC(=O)c1ccc2c(c1)CC(C(=O)Nc1ccc(-c3ccc(C)cc3)c(S(=O)(=O)O)c1)=N2. The van der Waals surface area contributed by atoms with Gasteiger partial charge in [-0.2, -0.15) is 8.42 Å². The van der Waals surface area contributed by atoms with E-state index in [-0.39, 0.29) is 28.6 Å². The lowest BCUT2D eigenvalue weighted by atomic mass is 10.0. The lowest BCUT2D eigenvalue weighted by Gasteiger charge is -2.11. The molecule has 0 aliphatic carbocycles. The first-order valence-corrected chi connectivity index (χ1v) is 11.5. The van der Waals surface area contributed by atoms with Crippen LogP contribution in [0.4, 0.5) is 11.4 Å². The maximum Gasteiger partial charge on any atom is 0.295 e. The van der Waals surface area contributed by atoms with E-state index in [9.17, 15) is 22.6 Å². The van der Waals surface area contributed by atoms with Gasteiger partial charge in [0, 0.05) is 30.3 Å². The van der Waals surface area contributed by atoms with Gasteiger partial charge in [0.05, 0.1) is 5.69 Å². The Bertz CT molecular complexity index is 1410. The number of anilines is 1. The molecule has 1 aliphatic rings. The number of hydrogen-bond acceptors (Lipinski definition) is 5. The van der Waals surface area contributed by atoms with Crippen molar-refractivity contribution in [3.8, 4) is 11.1 Å². The summed E-state index contributed by atoms with van der Waals surface area (Å²) in [5.41, 5.74) is 4.20. The Balaban J connectivity index is 1.58. The van der Waals surface area contributed by atoms with Crippen molar-refractivity contribution in [3.63, 3.8) is 0 Å². The number of hydrogen-bond donors (Lipinski definition) is 3. The molecule has 0 atom stereocenters. The van der Waals surface area contributed by atoms with Gasteiger partial charge in [-0.15, -0.1) is 0 Å². The average molecular weight is 464 g/mol. The van der Waals surface area contributed by atoms with Gasteiger partial charge in [0.15, 0.2) is 0 Å². The van der Waals surface area contributed by atoms with E-state index in [1.807, 2.05) is 19.1 Å². The molecule has 9 heteroatoms. The van der Waals surface area contributed by atoms with Gasteiger partial charge in [0.25, 0.3) is 21.9 Å². The number of amides is 2. The fraction of sp³-hybridized carbons (Fsp3) is 0.125. The molecule has 8 nitrogen and oxygen atoms in total. The van der Waals surface area contributed by atoms with E-state index in [0.717, 1.165) is 11.1 Å². The number of rotatable bonds is 5. The lowest BCUT2D eigenvalue weighted by Crippen LogP contribution is -2.23. The van der Waals surface area contributed by atoms with E-state index >= 15 is 0 Å². The summed E-state index contributed by atoms with van der Waals surface area (Å²) < 4.78 is 33.8. The topological polar surface area (TPSA) is 125 Å². The third kappa shape index (κ3) is 4.69. The Kier molecular flexibility index (Phi) is 5.84. The van der Waals surface area contributed by atoms with Crippen molar-refractivity contribution in [2.45, 2.75) is 18.2 Å². The molecule has 3 N–H and O–H groups in total. The second-order valence-corrected chi connectivity index (χ2v) is 9.05. The lowest BCUT2D eigenvalue weighted by molar-refractivity contribution is -0.110. The van der Waals surface area contributed by atoms with Crippen LogP contribution in [0.25, 0.3) is 11.1 Å². The number of nitrogens with zero attached hydrogens (tertiary/aromatic N) is 1. The maximum atomic E-state index is 12.8. The minimum absolute atomic E-state index is 0.202.